The van der Waals surface area contributed by atoms with Crippen LogP contribution in [0.15, 0.2) is 48.5 Å². The molecule has 5 nitrogen and oxygen atoms in total. The fourth-order valence-corrected chi connectivity index (χ4v) is 4.55. The summed E-state index contributed by atoms with van der Waals surface area (Å²) in [5.74, 6) is 2.32. The molecule has 0 aromatic heterocycles. The van der Waals surface area contributed by atoms with Gasteiger partial charge in [-0.15, -0.1) is 0 Å². The van der Waals surface area contributed by atoms with Crippen molar-refractivity contribution in [1.82, 2.24) is 5.32 Å². The van der Waals surface area contributed by atoms with Gasteiger partial charge < -0.3 is 19.7 Å². The minimum Gasteiger partial charge on any atom is -0.493 e. The number of nitrogens with one attached hydrogen (secondary N) is 1. The normalized spacial score (nSPS) is 22.2. The van der Waals surface area contributed by atoms with Crippen molar-refractivity contribution < 1.29 is 14.3 Å². The van der Waals surface area contributed by atoms with Gasteiger partial charge in [0.2, 0.25) is 5.91 Å². The number of rotatable bonds is 8. The highest BCUT2D eigenvalue weighted by Crippen LogP contribution is 2.34. The summed E-state index contributed by atoms with van der Waals surface area (Å²) in [5.41, 5.74) is 3.76. The molecular formula is C27H34N2O3. The van der Waals surface area contributed by atoms with Crippen LogP contribution in [-0.2, 0) is 9.53 Å². The molecule has 3 fully saturated rings. The Bertz CT molecular complexity index is 896. The summed E-state index contributed by atoms with van der Waals surface area (Å²) in [6.07, 6.45) is 5.29. The monoisotopic (exact) mass is 434 g/mol. The lowest BCUT2D eigenvalue weighted by Gasteiger charge is -2.41. The third kappa shape index (κ3) is 5.09. The van der Waals surface area contributed by atoms with Gasteiger partial charge >= 0.3 is 0 Å². The van der Waals surface area contributed by atoms with Crippen LogP contribution in [0.25, 0.3) is 0 Å². The Morgan fingerprint density at radius 1 is 1.06 bits per heavy atom. The van der Waals surface area contributed by atoms with Gasteiger partial charge in [0.05, 0.1) is 12.6 Å². The average Bonchev–Trinajstić information content (AvgIpc) is 3.63. The van der Waals surface area contributed by atoms with Crippen molar-refractivity contribution in [1.29, 1.82) is 0 Å². The second kappa shape index (κ2) is 9.53. The molecule has 32 heavy (non-hydrogen) atoms. The molecule has 170 valence electrons. The fraction of sp³-hybridized carbons (Fsp3) is 0.519. The molecule has 2 saturated heterocycles. The van der Waals surface area contributed by atoms with Crippen LogP contribution < -0.4 is 15.0 Å². The van der Waals surface area contributed by atoms with E-state index >= 15 is 0 Å². The van der Waals surface area contributed by atoms with Gasteiger partial charge in [-0.05, 0) is 80.3 Å². The Morgan fingerprint density at radius 3 is 2.47 bits per heavy atom. The molecule has 0 spiro atoms. The van der Waals surface area contributed by atoms with E-state index in [1.54, 1.807) is 0 Å². The van der Waals surface area contributed by atoms with Crippen molar-refractivity contribution in [2.75, 3.05) is 31.2 Å². The minimum atomic E-state index is -0.287. The standard InChI is InChI=1S/C27H34N2O3/c1-19(28-27(30)26-4-2-3-15-31-26)21-7-9-22(10-8-21)23-16-29(17-23)24-11-13-25(14-12-24)32-18-20-5-6-20/h7-14,19-20,23,26H,2-6,15-18H2,1H3,(H,28,30)/t19-,26?/m0/s1. The van der Waals surface area contributed by atoms with Crippen molar-refractivity contribution in [3.8, 4) is 5.75 Å². The molecule has 5 rings (SSSR count). The van der Waals surface area contributed by atoms with Crippen LogP contribution in [0, 0.1) is 5.92 Å². The molecule has 2 aromatic carbocycles. The zero-order valence-electron chi connectivity index (χ0n) is 19.0. The Kier molecular flexibility index (Phi) is 6.35. The SMILES string of the molecule is C[C@H](NC(=O)C1CCCCO1)c1ccc(C2CN(c3ccc(OCC4CC4)cc3)C2)cc1. The number of amides is 1. The summed E-state index contributed by atoms with van der Waals surface area (Å²) in [6, 6.07) is 17.2. The third-order valence-corrected chi connectivity index (χ3v) is 7.00. The first kappa shape index (κ1) is 21.3. The Hall–Kier alpha value is -2.53. The molecule has 0 radical (unpaired) electrons. The number of hydrogen-bond donors (Lipinski definition) is 1. The van der Waals surface area contributed by atoms with Crippen LogP contribution >= 0.6 is 0 Å². The lowest BCUT2D eigenvalue weighted by Crippen LogP contribution is -2.45. The van der Waals surface area contributed by atoms with Crippen molar-refractivity contribution in [3.05, 3.63) is 59.7 Å². The van der Waals surface area contributed by atoms with Gasteiger partial charge in [0.1, 0.15) is 11.9 Å². The van der Waals surface area contributed by atoms with Gasteiger partial charge in [0, 0.05) is 31.3 Å². The maximum absolute atomic E-state index is 12.4. The van der Waals surface area contributed by atoms with Gasteiger partial charge in [-0.3, -0.25) is 4.79 Å². The number of ether oxygens (including phenoxy) is 2. The predicted molar refractivity (Wildman–Crippen MR) is 126 cm³/mol. The van der Waals surface area contributed by atoms with E-state index in [1.165, 1.54) is 24.1 Å². The summed E-state index contributed by atoms with van der Waals surface area (Å²) < 4.78 is 11.4. The van der Waals surface area contributed by atoms with Crippen LogP contribution in [0.1, 0.15) is 62.1 Å². The van der Waals surface area contributed by atoms with E-state index in [9.17, 15) is 4.79 Å². The molecule has 2 atom stereocenters. The summed E-state index contributed by atoms with van der Waals surface area (Å²) in [5, 5.41) is 3.11. The first-order valence-electron chi connectivity index (χ1n) is 12.2. The van der Waals surface area contributed by atoms with Gasteiger partial charge in [0.15, 0.2) is 0 Å². The molecule has 1 saturated carbocycles. The summed E-state index contributed by atoms with van der Waals surface area (Å²) >= 11 is 0. The van der Waals surface area contributed by atoms with Crippen LogP contribution in [0.2, 0.25) is 0 Å². The predicted octanol–water partition coefficient (Wildman–Crippen LogP) is 4.83. The van der Waals surface area contributed by atoms with Crippen molar-refractivity contribution in [2.24, 2.45) is 5.92 Å². The van der Waals surface area contributed by atoms with Crippen molar-refractivity contribution >= 4 is 11.6 Å². The highest BCUT2D eigenvalue weighted by Gasteiger charge is 2.29. The van der Waals surface area contributed by atoms with Crippen LogP contribution in [0.3, 0.4) is 0 Å². The lowest BCUT2D eigenvalue weighted by molar-refractivity contribution is -0.136. The summed E-state index contributed by atoms with van der Waals surface area (Å²) in [7, 11) is 0. The number of nitrogens with zero attached hydrogens (tertiary/aromatic N) is 1. The molecule has 2 heterocycles. The van der Waals surface area contributed by atoms with E-state index in [1.807, 2.05) is 6.92 Å². The zero-order valence-corrected chi connectivity index (χ0v) is 19.0. The zero-order chi connectivity index (χ0) is 21.9. The maximum atomic E-state index is 12.4. The molecule has 1 aliphatic carbocycles. The quantitative estimate of drug-likeness (QED) is 0.647. The number of anilines is 1. The number of benzene rings is 2. The van der Waals surface area contributed by atoms with E-state index in [0.29, 0.717) is 12.5 Å². The van der Waals surface area contributed by atoms with Gasteiger partial charge in [-0.2, -0.15) is 0 Å². The van der Waals surface area contributed by atoms with E-state index in [2.05, 4.69) is 58.7 Å². The molecule has 1 amide bonds. The smallest absolute Gasteiger partial charge is 0.249 e. The summed E-state index contributed by atoms with van der Waals surface area (Å²) in [4.78, 5) is 14.8. The molecule has 5 heteroatoms. The number of carbonyl (C=O) groups is 1. The molecular weight excluding hydrogens is 400 g/mol. The summed E-state index contributed by atoms with van der Waals surface area (Å²) in [6.45, 7) is 5.66. The van der Waals surface area contributed by atoms with Crippen LogP contribution in [-0.4, -0.2) is 38.3 Å². The lowest BCUT2D eigenvalue weighted by atomic mass is 9.90. The molecule has 3 aliphatic rings. The van der Waals surface area contributed by atoms with Crippen molar-refractivity contribution in [3.63, 3.8) is 0 Å². The molecule has 0 bridgehead atoms. The molecule has 1 unspecified atom stereocenters. The Balaban J connectivity index is 1.10. The van der Waals surface area contributed by atoms with E-state index < -0.39 is 0 Å². The largest absolute Gasteiger partial charge is 0.493 e. The van der Waals surface area contributed by atoms with Crippen molar-refractivity contribution in [2.45, 2.75) is 57.1 Å². The number of carbonyl (C=O) groups excluding carboxylic acids is 1. The third-order valence-electron chi connectivity index (χ3n) is 7.00. The van der Waals surface area contributed by atoms with Gasteiger partial charge in [-0.1, -0.05) is 24.3 Å². The van der Waals surface area contributed by atoms with Gasteiger partial charge in [-0.25, -0.2) is 0 Å². The van der Waals surface area contributed by atoms with Crippen LogP contribution in [0.4, 0.5) is 5.69 Å². The number of hydrogen-bond acceptors (Lipinski definition) is 4. The van der Waals surface area contributed by atoms with E-state index in [0.717, 1.165) is 56.2 Å². The first-order chi connectivity index (χ1) is 15.7. The Labute approximate surface area is 191 Å². The highest BCUT2D eigenvalue weighted by atomic mass is 16.5. The second-order valence-corrected chi connectivity index (χ2v) is 9.60. The molecule has 1 N–H and O–H groups in total. The fourth-order valence-electron chi connectivity index (χ4n) is 4.55. The molecule has 2 aliphatic heterocycles. The topological polar surface area (TPSA) is 50.8 Å². The Morgan fingerprint density at radius 2 is 1.81 bits per heavy atom. The van der Waals surface area contributed by atoms with E-state index in [4.69, 9.17) is 9.47 Å². The average molecular weight is 435 g/mol. The van der Waals surface area contributed by atoms with Gasteiger partial charge in [0.25, 0.3) is 0 Å². The van der Waals surface area contributed by atoms with Crippen LogP contribution in [0.5, 0.6) is 5.75 Å². The maximum Gasteiger partial charge on any atom is 0.249 e. The minimum absolute atomic E-state index is 0.0133. The highest BCUT2D eigenvalue weighted by molar-refractivity contribution is 5.81. The van der Waals surface area contributed by atoms with E-state index in [-0.39, 0.29) is 18.1 Å². The second-order valence-electron chi connectivity index (χ2n) is 9.60. The molecule has 2 aromatic rings. The first-order valence-corrected chi connectivity index (χ1v) is 12.2.